The number of nitrogens with zero attached hydrogens (tertiary/aromatic N) is 3. The zero-order valence-corrected chi connectivity index (χ0v) is 9.22. The summed E-state index contributed by atoms with van der Waals surface area (Å²) in [4.78, 5) is 5.34. The summed E-state index contributed by atoms with van der Waals surface area (Å²) in [6, 6.07) is 2.02. The van der Waals surface area contributed by atoms with Crippen molar-refractivity contribution >= 4 is 16.5 Å². The molecule has 14 heavy (non-hydrogen) atoms. The van der Waals surface area contributed by atoms with Gasteiger partial charge < -0.3 is 5.73 Å². The van der Waals surface area contributed by atoms with Gasteiger partial charge >= 0.3 is 0 Å². The third kappa shape index (κ3) is 1.39. The number of nitrogens with two attached hydrogens (primary N) is 1. The molecule has 0 fully saturated rings. The van der Waals surface area contributed by atoms with Crippen LogP contribution in [-0.2, 0) is 0 Å². The molecule has 5 heteroatoms. The first-order valence-corrected chi connectivity index (χ1v) is 5.16. The number of hydrogen-bond acceptors (Lipinski definition) is 4. The first kappa shape index (κ1) is 9.21. The summed E-state index contributed by atoms with van der Waals surface area (Å²) in [6.07, 6.45) is 0. The van der Waals surface area contributed by atoms with E-state index in [0.29, 0.717) is 5.13 Å². The highest BCUT2D eigenvalue weighted by molar-refractivity contribution is 7.15. The molecule has 0 saturated carbocycles. The Bertz CT molecular complexity index is 425. The zero-order chi connectivity index (χ0) is 10.3. The molecule has 2 aromatic heterocycles. The van der Waals surface area contributed by atoms with Gasteiger partial charge in [-0.25, -0.2) is 9.67 Å². The van der Waals surface area contributed by atoms with Gasteiger partial charge in [0.2, 0.25) is 0 Å². The predicted molar refractivity (Wildman–Crippen MR) is 57.9 cm³/mol. The number of aromatic nitrogens is 3. The van der Waals surface area contributed by atoms with E-state index in [-0.39, 0.29) is 0 Å². The predicted octanol–water partition coefficient (Wildman–Crippen LogP) is 1.84. The van der Waals surface area contributed by atoms with Crippen LogP contribution in [0, 0.1) is 20.8 Å². The molecule has 0 spiro atoms. The first-order chi connectivity index (χ1) is 6.58. The van der Waals surface area contributed by atoms with Crippen molar-refractivity contribution in [3.63, 3.8) is 0 Å². The number of thiazole rings is 1. The van der Waals surface area contributed by atoms with Gasteiger partial charge in [-0.2, -0.15) is 5.10 Å². The van der Waals surface area contributed by atoms with E-state index in [0.717, 1.165) is 22.1 Å². The fourth-order valence-corrected chi connectivity index (χ4v) is 2.12. The number of hydrogen-bond donors (Lipinski definition) is 1. The molecule has 4 nitrogen and oxygen atoms in total. The normalized spacial score (nSPS) is 10.8. The molecule has 74 valence electrons. The van der Waals surface area contributed by atoms with E-state index in [1.165, 1.54) is 11.3 Å². The third-order valence-electron chi connectivity index (χ3n) is 2.00. The second kappa shape index (κ2) is 3.09. The van der Waals surface area contributed by atoms with E-state index in [4.69, 9.17) is 5.73 Å². The molecule has 0 aliphatic carbocycles. The molecular weight excluding hydrogens is 196 g/mol. The summed E-state index contributed by atoms with van der Waals surface area (Å²) in [5.41, 5.74) is 7.71. The molecule has 0 saturated heterocycles. The summed E-state index contributed by atoms with van der Waals surface area (Å²) in [5, 5.41) is 4.95. The van der Waals surface area contributed by atoms with Crippen LogP contribution < -0.4 is 5.73 Å². The molecule has 0 radical (unpaired) electrons. The largest absolute Gasteiger partial charge is 0.375 e. The lowest BCUT2D eigenvalue weighted by atomic mass is 10.4. The van der Waals surface area contributed by atoms with Crippen molar-refractivity contribution in [3.8, 4) is 5.82 Å². The standard InChI is InChI=1S/C9H12N4S/c1-5-4-6(2)13(12-5)8-7(3)14-9(10)11-8/h4H,1-3H3,(H2,10,11). The molecule has 2 heterocycles. The van der Waals surface area contributed by atoms with E-state index < -0.39 is 0 Å². The average molecular weight is 208 g/mol. The van der Waals surface area contributed by atoms with E-state index in [1.807, 2.05) is 31.5 Å². The lowest BCUT2D eigenvalue weighted by Gasteiger charge is -1.99. The van der Waals surface area contributed by atoms with Crippen LogP contribution in [-0.4, -0.2) is 14.8 Å². The van der Waals surface area contributed by atoms with E-state index >= 15 is 0 Å². The lowest BCUT2D eigenvalue weighted by Crippen LogP contribution is -2.01. The van der Waals surface area contributed by atoms with E-state index in [1.54, 1.807) is 0 Å². The summed E-state index contributed by atoms with van der Waals surface area (Å²) in [7, 11) is 0. The van der Waals surface area contributed by atoms with Gasteiger partial charge in [-0.05, 0) is 26.8 Å². The van der Waals surface area contributed by atoms with Gasteiger partial charge in [0.1, 0.15) is 0 Å². The van der Waals surface area contributed by atoms with Gasteiger partial charge in [0.25, 0.3) is 0 Å². The Kier molecular flexibility index (Phi) is 2.03. The maximum atomic E-state index is 5.64. The Balaban J connectivity index is 2.59. The molecule has 2 aromatic rings. The van der Waals surface area contributed by atoms with Gasteiger partial charge in [0.05, 0.1) is 5.69 Å². The van der Waals surface area contributed by atoms with Crippen molar-refractivity contribution in [1.29, 1.82) is 0 Å². The monoisotopic (exact) mass is 208 g/mol. The smallest absolute Gasteiger partial charge is 0.182 e. The van der Waals surface area contributed by atoms with Crippen LogP contribution in [0.5, 0.6) is 0 Å². The highest BCUT2D eigenvalue weighted by atomic mass is 32.1. The maximum Gasteiger partial charge on any atom is 0.182 e. The molecular formula is C9H12N4S. The van der Waals surface area contributed by atoms with Gasteiger partial charge in [-0.3, -0.25) is 0 Å². The van der Waals surface area contributed by atoms with Crippen LogP contribution in [0.4, 0.5) is 5.13 Å². The molecule has 0 atom stereocenters. The van der Waals surface area contributed by atoms with Crippen LogP contribution >= 0.6 is 11.3 Å². The van der Waals surface area contributed by atoms with Crippen LogP contribution in [0.2, 0.25) is 0 Å². The van der Waals surface area contributed by atoms with Crippen LogP contribution in [0.1, 0.15) is 16.3 Å². The van der Waals surface area contributed by atoms with Gasteiger partial charge in [0.15, 0.2) is 10.9 Å². The molecule has 0 aromatic carbocycles. The topological polar surface area (TPSA) is 56.7 Å². The first-order valence-electron chi connectivity index (χ1n) is 4.34. The lowest BCUT2D eigenvalue weighted by molar-refractivity contribution is 0.808. The Morgan fingerprint density at radius 2 is 2.07 bits per heavy atom. The molecule has 0 amide bonds. The highest BCUT2D eigenvalue weighted by Gasteiger charge is 2.10. The quantitative estimate of drug-likeness (QED) is 0.778. The Morgan fingerprint density at radius 1 is 1.36 bits per heavy atom. The maximum absolute atomic E-state index is 5.64. The van der Waals surface area contributed by atoms with Crippen molar-refractivity contribution < 1.29 is 0 Å². The minimum Gasteiger partial charge on any atom is -0.375 e. The van der Waals surface area contributed by atoms with Crippen molar-refractivity contribution in [2.45, 2.75) is 20.8 Å². The van der Waals surface area contributed by atoms with Crippen molar-refractivity contribution in [3.05, 3.63) is 22.3 Å². The summed E-state index contributed by atoms with van der Waals surface area (Å²) in [6.45, 7) is 5.98. The Morgan fingerprint density at radius 3 is 2.50 bits per heavy atom. The summed E-state index contributed by atoms with van der Waals surface area (Å²) < 4.78 is 1.83. The number of aryl methyl sites for hydroxylation is 3. The third-order valence-corrected chi connectivity index (χ3v) is 2.79. The van der Waals surface area contributed by atoms with Crippen molar-refractivity contribution in [2.24, 2.45) is 0 Å². The summed E-state index contributed by atoms with van der Waals surface area (Å²) >= 11 is 1.49. The second-order valence-electron chi connectivity index (χ2n) is 3.27. The fourth-order valence-electron chi connectivity index (χ4n) is 1.45. The zero-order valence-electron chi connectivity index (χ0n) is 8.40. The van der Waals surface area contributed by atoms with Crippen LogP contribution in [0.25, 0.3) is 5.82 Å². The Labute approximate surface area is 86.4 Å². The summed E-state index contributed by atoms with van der Waals surface area (Å²) in [5.74, 6) is 0.845. The SMILES string of the molecule is Cc1cc(C)n(-c2nc(N)sc2C)n1. The van der Waals surface area contributed by atoms with E-state index in [9.17, 15) is 0 Å². The number of rotatable bonds is 1. The second-order valence-corrected chi connectivity index (χ2v) is 4.51. The average Bonchev–Trinajstić information content (AvgIpc) is 2.55. The molecule has 2 rings (SSSR count). The molecule has 0 aliphatic rings. The van der Waals surface area contributed by atoms with E-state index in [2.05, 4.69) is 10.1 Å². The molecule has 0 aliphatic heterocycles. The van der Waals surface area contributed by atoms with Crippen LogP contribution in [0.3, 0.4) is 0 Å². The van der Waals surface area contributed by atoms with Crippen LogP contribution in [0.15, 0.2) is 6.07 Å². The molecule has 0 bridgehead atoms. The number of nitrogen functional groups attached to an aromatic ring is 1. The van der Waals surface area contributed by atoms with Gasteiger partial charge in [-0.15, -0.1) is 11.3 Å². The molecule has 0 unspecified atom stereocenters. The molecule has 2 N–H and O–H groups in total. The van der Waals surface area contributed by atoms with Gasteiger partial charge in [-0.1, -0.05) is 0 Å². The van der Waals surface area contributed by atoms with Crippen molar-refractivity contribution in [2.75, 3.05) is 5.73 Å². The Hall–Kier alpha value is -1.36. The van der Waals surface area contributed by atoms with Crippen molar-refractivity contribution in [1.82, 2.24) is 14.8 Å². The number of anilines is 1. The van der Waals surface area contributed by atoms with Gasteiger partial charge in [0, 0.05) is 10.6 Å². The minimum absolute atomic E-state index is 0.588. The highest BCUT2D eigenvalue weighted by Crippen LogP contribution is 2.23. The minimum atomic E-state index is 0.588. The fraction of sp³-hybridized carbons (Fsp3) is 0.333.